The molecule has 5 nitrogen and oxygen atoms in total. The lowest BCUT2D eigenvalue weighted by Gasteiger charge is -2.29. The van der Waals surface area contributed by atoms with Crippen molar-refractivity contribution >= 4 is 23.2 Å². The van der Waals surface area contributed by atoms with Crippen LogP contribution in [0.4, 0.5) is 11.4 Å². The van der Waals surface area contributed by atoms with Crippen LogP contribution in [0.3, 0.4) is 0 Å². The van der Waals surface area contributed by atoms with Crippen LogP contribution in [0.1, 0.15) is 33.3 Å². The third-order valence-electron chi connectivity index (χ3n) is 5.92. The van der Waals surface area contributed by atoms with Crippen LogP contribution >= 0.6 is 0 Å². The molecule has 0 spiro atoms. The van der Waals surface area contributed by atoms with E-state index >= 15 is 0 Å². The third-order valence-corrected chi connectivity index (χ3v) is 5.92. The van der Waals surface area contributed by atoms with E-state index in [1.54, 1.807) is 0 Å². The average molecular weight is 457 g/mol. The lowest BCUT2D eigenvalue weighted by molar-refractivity contribution is -0.127. The molecule has 4 rings (SSSR count). The number of ether oxygens (including phenoxy) is 1. The van der Waals surface area contributed by atoms with Gasteiger partial charge in [-0.05, 0) is 48.6 Å². The van der Waals surface area contributed by atoms with Crippen LogP contribution in [0.5, 0.6) is 5.75 Å². The van der Waals surface area contributed by atoms with E-state index in [1.807, 2.05) is 79.4 Å². The number of nitrogens with one attached hydrogen (secondary N) is 1. The lowest BCUT2D eigenvalue weighted by Crippen LogP contribution is -2.43. The normalized spacial score (nSPS) is 14.9. The van der Waals surface area contributed by atoms with Gasteiger partial charge < -0.3 is 15.0 Å². The summed E-state index contributed by atoms with van der Waals surface area (Å²) in [4.78, 5) is 27.7. The minimum absolute atomic E-state index is 0.0516. The molecule has 0 fully saturated rings. The zero-order valence-electron chi connectivity index (χ0n) is 20.3. The largest absolute Gasteiger partial charge is 0.490 e. The number of hydrogen-bond acceptors (Lipinski definition) is 3. The van der Waals surface area contributed by atoms with Gasteiger partial charge in [-0.15, -0.1) is 0 Å². The average Bonchev–Trinajstić information content (AvgIpc) is 2.90. The summed E-state index contributed by atoms with van der Waals surface area (Å²) in [6, 6.07) is 23.7. The molecule has 2 amide bonds. The van der Waals surface area contributed by atoms with E-state index in [0.717, 1.165) is 22.4 Å². The van der Waals surface area contributed by atoms with Crippen molar-refractivity contribution in [2.45, 2.75) is 34.1 Å². The first-order valence-electron chi connectivity index (χ1n) is 11.8. The number of fused-ring (bicyclic) bond motifs is 1. The van der Waals surface area contributed by atoms with Gasteiger partial charge >= 0.3 is 0 Å². The fourth-order valence-corrected chi connectivity index (χ4v) is 4.11. The van der Waals surface area contributed by atoms with Crippen molar-refractivity contribution in [1.82, 2.24) is 0 Å². The predicted molar refractivity (Wildman–Crippen MR) is 137 cm³/mol. The summed E-state index contributed by atoms with van der Waals surface area (Å²) in [5.74, 6) is 0.884. The molecular weight excluding hydrogens is 424 g/mol. The van der Waals surface area contributed by atoms with Crippen LogP contribution in [-0.2, 0) is 16.0 Å². The maximum atomic E-state index is 13.1. The third kappa shape index (κ3) is 5.30. The number of carbonyl (C=O) groups is 2. The van der Waals surface area contributed by atoms with Gasteiger partial charge in [0.1, 0.15) is 12.4 Å². The highest BCUT2D eigenvalue weighted by atomic mass is 16.5. The minimum atomic E-state index is -0.622. The Hall–Kier alpha value is -3.60. The van der Waals surface area contributed by atoms with Crippen LogP contribution < -0.4 is 15.0 Å². The van der Waals surface area contributed by atoms with Gasteiger partial charge in [0.15, 0.2) is 0 Å². The topological polar surface area (TPSA) is 58.6 Å². The molecule has 0 saturated heterocycles. The Labute approximate surface area is 201 Å². The fourth-order valence-electron chi connectivity index (χ4n) is 4.11. The second-order valence-electron chi connectivity index (χ2n) is 9.95. The molecule has 176 valence electrons. The Bertz CT molecular complexity index is 1170. The van der Waals surface area contributed by atoms with Crippen molar-refractivity contribution in [1.29, 1.82) is 0 Å². The van der Waals surface area contributed by atoms with Crippen molar-refractivity contribution in [2.24, 2.45) is 11.3 Å². The summed E-state index contributed by atoms with van der Waals surface area (Å²) in [6.07, 6.45) is 0.276. The van der Waals surface area contributed by atoms with Crippen molar-refractivity contribution in [2.75, 3.05) is 23.4 Å². The number of anilines is 2. The van der Waals surface area contributed by atoms with Gasteiger partial charge in [0.25, 0.3) is 0 Å². The Morgan fingerprint density at radius 1 is 1.00 bits per heavy atom. The molecule has 5 heteroatoms. The first kappa shape index (κ1) is 23.6. The Morgan fingerprint density at radius 3 is 2.35 bits per heavy atom. The Kier molecular flexibility index (Phi) is 6.73. The van der Waals surface area contributed by atoms with E-state index in [1.165, 1.54) is 0 Å². The molecule has 1 aliphatic rings. The van der Waals surface area contributed by atoms with Crippen LogP contribution in [0.15, 0.2) is 72.8 Å². The molecule has 0 unspecified atom stereocenters. The van der Waals surface area contributed by atoms with Crippen LogP contribution in [-0.4, -0.2) is 25.0 Å². The molecule has 0 aliphatic carbocycles. The van der Waals surface area contributed by atoms with Crippen molar-refractivity contribution in [3.05, 3.63) is 78.4 Å². The molecule has 0 aromatic heterocycles. The van der Waals surface area contributed by atoms with E-state index in [0.29, 0.717) is 30.5 Å². The van der Waals surface area contributed by atoms with Gasteiger partial charge in [-0.1, -0.05) is 68.4 Å². The van der Waals surface area contributed by atoms with E-state index in [-0.39, 0.29) is 18.2 Å². The zero-order valence-corrected chi connectivity index (χ0v) is 20.3. The summed E-state index contributed by atoms with van der Waals surface area (Å²) in [5, 5.41) is 2.97. The molecule has 1 N–H and O–H groups in total. The molecule has 0 bridgehead atoms. The maximum absolute atomic E-state index is 13.1. The molecule has 3 aromatic rings. The Balaban J connectivity index is 1.47. The van der Waals surface area contributed by atoms with E-state index in [4.69, 9.17) is 4.74 Å². The molecule has 0 saturated carbocycles. The van der Waals surface area contributed by atoms with Crippen LogP contribution in [0.2, 0.25) is 0 Å². The number of carbonyl (C=O) groups excluding carboxylic acids is 2. The second-order valence-corrected chi connectivity index (χ2v) is 9.95. The lowest BCUT2D eigenvalue weighted by atomic mass is 9.92. The van der Waals surface area contributed by atoms with Gasteiger partial charge in [0.2, 0.25) is 11.8 Å². The van der Waals surface area contributed by atoms with Gasteiger partial charge in [-0.2, -0.15) is 0 Å². The first-order chi connectivity index (χ1) is 16.2. The van der Waals surface area contributed by atoms with Crippen molar-refractivity contribution < 1.29 is 14.3 Å². The SMILES string of the molecule is CC(C)CN1C(=O)C(C)(C)COc2cc(NC(=O)Cc3ccc(-c4ccccc4)cc3)ccc21. The zero-order chi connectivity index (χ0) is 24.3. The fraction of sp³-hybridized carbons (Fsp3) is 0.310. The number of hydrogen-bond donors (Lipinski definition) is 1. The molecule has 0 radical (unpaired) electrons. The predicted octanol–water partition coefficient (Wildman–Crippen LogP) is 5.94. The molecular formula is C29H32N2O3. The van der Waals surface area contributed by atoms with Crippen molar-refractivity contribution in [3.63, 3.8) is 0 Å². The van der Waals surface area contributed by atoms with E-state index < -0.39 is 5.41 Å². The number of nitrogens with zero attached hydrogens (tertiary/aromatic N) is 1. The highest BCUT2D eigenvalue weighted by molar-refractivity contribution is 6.00. The Morgan fingerprint density at radius 2 is 1.68 bits per heavy atom. The maximum Gasteiger partial charge on any atom is 0.236 e. The van der Waals surface area contributed by atoms with E-state index in [9.17, 15) is 9.59 Å². The first-order valence-corrected chi connectivity index (χ1v) is 11.8. The molecule has 3 aromatic carbocycles. The van der Waals surface area contributed by atoms with Gasteiger partial charge in [0, 0.05) is 18.3 Å². The highest BCUT2D eigenvalue weighted by Crippen LogP contribution is 2.38. The van der Waals surface area contributed by atoms with Gasteiger partial charge in [-0.3, -0.25) is 9.59 Å². The standard InChI is InChI=1S/C29H32N2O3/c1-20(2)18-31-25-15-14-24(17-26(25)34-19-29(3,4)28(31)33)30-27(32)16-21-10-12-23(13-11-21)22-8-6-5-7-9-22/h5-15,17,20H,16,18-19H2,1-4H3,(H,30,32). The minimum Gasteiger partial charge on any atom is -0.490 e. The monoisotopic (exact) mass is 456 g/mol. The number of rotatable bonds is 6. The molecule has 1 heterocycles. The molecule has 0 atom stereocenters. The summed E-state index contributed by atoms with van der Waals surface area (Å²) in [6.45, 7) is 8.89. The van der Waals surface area contributed by atoms with Crippen molar-refractivity contribution in [3.8, 4) is 16.9 Å². The summed E-state index contributed by atoms with van der Waals surface area (Å²) < 4.78 is 6.03. The second kappa shape index (κ2) is 9.72. The summed E-state index contributed by atoms with van der Waals surface area (Å²) >= 11 is 0. The molecule has 34 heavy (non-hydrogen) atoms. The quantitative estimate of drug-likeness (QED) is 0.499. The summed E-state index contributed by atoms with van der Waals surface area (Å²) in [5.41, 5.74) is 4.00. The number of benzene rings is 3. The van der Waals surface area contributed by atoms with Gasteiger partial charge in [0.05, 0.1) is 17.5 Å². The van der Waals surface area contributed by atoms with Crippen LogP contribution in [0.25, 0.3) is 11.1 Å². The smallest absolute Gasteiger partial charge is 0.236 e. The summed E-state index contributed by atoms with van der Waals surface area (Å²) in [7, 11) is 0. The van der Waals surface area contributed by atoms with Gasteiger partial charge in [-0.25, -0.2) is 0 Å². The van der Waals surface area contributed by atoms with Crippen LogP contribution in [0, 0.1) is 11.3 Å². The highest BCUT2D eigenvalue weighted by Gasteiger charge is 2.38. The van der Waals surface area contributed by atoms with E-state index in [2.05, 4.69) is 31.3 Å². The molecule has 1 aliphatic heterocycles. The number of amides is 2.